The lowest BCUT2D eigenvalue weighted by molar-refractivity contribution is 0.0840. The van der Waals surface area contributed by atoms with Gasteiger partial charge < -0.3 is 10.4 Å². The summed E-state index contributed by atoms with van der Waals surface area (Å²) in [5.74, 6) is 0.188. The third kappa shape index (κ3) is 3.65. The SMILES string of the molecule is Cc1c(C(=O)NCC(O)C2CCCC2)cccc1-c1ccccn1. The molecule has 4 nitrogen and oxygen atoms in total. The predicted molar refractivity (Wildman–Crippen MR) is 94.7 cm³/mol. The molecule has 0 radical (unpaired) electrons. The van der Waals surface area contributed by atoms with Crippen molar-refractivity contribution in [1.82, 2.24) is 10.3 Å². The molecule has 24 heavy (non-hydrogen) atoms. The molecule has 4 heteroatoms. The van der Waals surface area contributed by atoms with Crippen LogP contribution in [0.1, 0.15) is 41.6 Å². The van der Waals surface area contributed by atoms with Crippen LogP contribution in [0.15, 0.2) is 42.6 Å². The van der Waals surface area contributed by atoms with E-state index in [9.17, 15) is 9.90 Å². The summed E-state index contributed by atoms with van der Waals surface area (Å²) in [6, 6.07) is 11.4. The van der Waals surface area contributed by atoms with Gasteiger partial charge in [-0.1, -0.05) is 31.0 Å². The third-order valence-corrected chi connectivity index (χ3v) is 4.94. The quantitative estimate of drug-likeness (QED) is 0.887. The molecule has 2 aromatic rings. The van der Waals surface area contributed by atoms with Crippen LogP contribution in [0.4, 0.5) is 0 Å². The lowest BCUT2D eigenvalue weighted by atomic mass is 9.98. The Kier molecular flexibility index (Phi) is 5.26. The molecule has 1 fully saturated rings. The molecule has 2 N–H and O–H groups in total. The molecule has 1 amide bonds. The fourth-order valence-corrected chi connectivity index (χ4v) is 3.48. The van der Waals surface area contributed by atoms with Crippen molar-refractivity contribution in [1.29, 1.82) is 0 Å². The molecule has 1 saturated carbocycles. The largest absolute Gasteiger partial charge is 0.391 e. The minimum atomic E-state index is -0.448. The van der Waals surface area contributed by atoms with Crippen LogP contribution in [0.2, 0.25) is 0 Å². The molecule has 1 atom stereocenters. The summed E-state index contributed by atoms with van der Waals surface area (Å²) >= 11 is 0. The minimum absolute atomic E-state index is 0.137. The number of aromatic nitrogens is 1. The number of aliphatic hydroxyl groups excluding tert-OH is 1. The normalized spacial score (nSPS) is 16.1. The zero-order valence-electron chi connectivity index (χ0n) is 14.0. The van der Waals surface area contributed by atoms with E-state index in [1.54, 1.807) is 6.20 Å². The number of hydrogen-bond acceptors (Lipinski definition) is 3. The lowest BCUT2D eigenvalue weighted by Gasteiger charge is -2.18. The summed E-state index contributed by atoms with van der Waals surface area (Å²) in [4.78, 5) is 16.9. The number of carbonyl (C=O) groups excluding carboxylic acids is 1. The van der Waals surface area contributed by atoms with Gasteiger partial charge in [0.15, 0.2) is 0 Å². The van der Waals surface area contributed by atoms with Gasteiger partial charge in [-0.25, -0.2) is 0 Å². The molecule has 1 aliphatic carbocycles. The topological polar surface area (TPSA) is 62.2 Å². The Morgan fingerprint density at radius 3 is 2.75 bits per heavy atom. The first-order chi connectivity index (χ1) is 11.7. The van der Waals surface area contributed by atoms with Crippen molar-refractivity contribution in [2.45, 2.75) is 38.7 Å². The smallest absolute Gasteiger partial charge is 0.251 e. The number of aliphatic hydroxyl groups is 1. The van der Waals surface area contributed by atoms with Crippen LogP contribution in [0.5, 0.6) is 0 Å². The molecule has 1 heterocycles. The predicted octanol–water partition coefficient (Wildman–Crippen LogP) is 3.34. The first-order valence-electron chi connectivity index (χ1n) is 8.64. The van der Waals surface area contributed by atoms with Crippen molar-refractivity contribution in [3.8, 4) is 11.3 Å². The number of nitrogens with zero attached hydrogens (tertiary/aromatic N) is 1. The molecule has 126 valence electrons. The fourth-order valence-electron chi connectivity index (χ4n) is 3.48. The molecule has 3 rings (SSSR count). The molecular weight excluding hydrogens is 300 g/mol. The van der Waals surface area contributed by atoms with Crippen LogP contribution in [-0.4, -0.2) is 28.6 Å². The first-order valence-corrected chi connectivity index (χ1v) is 8.64. The second-order valence-corrected chi connectivity index (χ2v) is 6.52. The van der Waals surface area contributed by atoms with E-state index >= 15 is 0 Å². The van der Waals surface area contributed by atoms with E-state index in [0.29, 0.717) is 18.0 Å². The second-order valence-electron chi connectivity index (χ2n) is 6.52. The number of nitrogens with one attached hydrogen (secondary N) is 1. The van der Waals surface area contributed by atoms with Gasteiger partial charge >= 0.3 is 0 Å². The average molecular weight is 324 g/mol. The van der Waals surface area contributed by atoms with Gasteiger partial charge in [0.1, 0.15) is 0 Å². The highest BCUT2D eigenvalue weighted by Crippen LogP contribution is 2.27. The number of rotatable bonds is 5. The van der Waals surface area contributed by atoms with Crippen LogP contribution < -0.4 is 5.32 Å². The van der Waals surface area contributed by atoms with Gasteiger partial charge in [0, 0.05) is 23.9 Å². The number of amides is 1. The Hall–Kier alpha value is -2.20. The zero-order chi connectivity index (χ0) is 16.9. The van der Waals surface area contributed by atoms with E-state index in [4.69, 9.17) is 0 Å². The van der Waals surface area contributed by atoms with Crippen LogP contribution in [0, 0.1) is 12.8 Å². The van der Waals surface area contributed by atoms with Crippen molar-refractivity contribution in [3.63, 3.8) is 0 Å². The van der Waals surface area contributed by atoms with Crippen LogP contribution in [-0.2, 0) is 0 Å². The van der Waals surface area contributed by atoms with Crippen molar-refractivity contribution >= 4 is 5.91 Å². The number of carbonyl (C=O) groups is 1. The van der Waals surface area contributed by atoms with Crippen LogP contribution in [0.3, 0.4) is 0 Å². The first kappa shape index (κ1) is 16.7. The van der Waals surface area contributed by atoms with Gasteiger partial charge in [-0.05, 0) is 49.4 Å². The Labute approximate surface area is 142 Å². The van der Waals surface area contributed by atoms with E-state index in [1.165, 1.54) is 12.8 Å². The average Bonchev–Trinajstić information content (AvgIpc) is 3.15. The van der Waals surface area contributed by atoms with Gasteiger partial charge in [-0.3, -0.25) is 9.78 Å². The minimum Gasteiger partial charge on any atom is -0.391 e. The van der Waals surface area contributed by atoms with Crippen molar-refractivity contribution < 1.29 is 9.90 Å². The Morgan fingerprint density at radius 1 is 1.25 bits per heavy atom. The summed E-state index contributed by atoms with van der Waals surface area (Å²) < 4.78 is 0. The highest BCUT2D eigenvalue weighted by molar-refractivity contribution is 5.97. The van der Waals surface area contributed by atoms with Crippen LogP contribution in [0.25, 0.3) is 11.3 Å². The summed E-state index contributed by atoms with van der Waals surface area (Å²) in [6.07, 6.45) is 5.79. The van der Waals surface area contributed by atoms with Gasteiger partial charge in [0.25, 0.3) is 5.91 Å². The monoisotopic (exact) mass is 324 g/mol. The van der Waals surface area contributed by atoms with Crippen molar-refractivity contribution in [2.24, 2.45) is 5.92 Å². The third-order valence-electron chi connectivity index (χ3n) is 4.94. The molecule has 1 aliphatic rings. The fraction of sp³-hybridized carbons (Fsp3) is 0.400. The summed E-state index contributed by atoms with van der Waals surface area (Å²) in [6.45, 7) is 2.25. The van der Waals surface area contributed by atoms with Crippen molar-refractivity contribution in [3.05, 3.63) is 53.7 Å². The molecular formula is C20H24N2O2. The molecule has 1 aromatic carbocycles. The summed E-state index contributed by atoms with van der Waals surface area (Å²) in [7, 11) is 0. The molecule has 0 spiro atoms. The Bertz CT molecular complexity index is 694. The van der Waals surface area contributed by atoms with Gasteiger partial charge in [-0.2, -0.15) is 0 Å². The van der Waals surface area contributed by atoms with E-state index in [-0.39, 0.29) is 5.91 Å². The Morgan fingerprint density at radius 2 is 2.04 bits per heavy atom. The maximum absolute atomic E-state index is 12.5. The molecule has 1 unspecified atom stereocenters. The van der Waals surface area contributed by atoms with E-state index in [1.807, 2.05) is 43.3 Å². The summed E-state index contributed by atoms with van der Waals surface area (Å²) in [5, 5.41) is 13.1. The maximum Gasteiger partial charge on any atom is 0.251 e. The number of pyridine rings is 1. The second kappa shape index (κ2) is 7.58. The van der Waals surface area contributed by atoms with Gasteiger partial charge in [-0.15, -0.1) is 0 Å². The van der Waals surface area contributed by atoms with E-state index < -0.39 is 6.10 Å². The summed E-state index contributed by atoms with van der Waals surface area (Å²) in [5.41, 5.74) is 3.36. The zero-order valence-corrected chi connectivity index (χ0v) is 14.0. The van der Waals surface area contributed by atoms with Crippen molar-refractivity contribution in [2.75, 3.05) is 6.54 Å². The molecule has 0 aliphatic heterocycles. The number of hydrogen-bond donors (Lipinski definition) is 2. The van der Waals surface area contributed by atoms with Gasteiger partial charge in [0.2, 0.25) is 0 Å². The highest BCUT2D eigenvalue weighted by atomic mass is 16.3. The van der Waals surface area contributed by atoms with E-state index in [0.717, 1.165) is 29.7 Å². The van der Waals surface area contributed by atoms with Crippen LogP contribution >= 0.6 is 0 Å². The molecule has 1 aromatic heterocycles. The lowest BCUT2D eigenvalue weighted by Crippen LogP contribution is -2.35. The number of benzene rings is 1. The van der Waals surface area contributed by atoms with E-state index in [2.05, 4.69) is 10.3 Å². The molecule has 0 bridgehead atoms. The maximum atomic E-state index is 12.5. The highest BCUT2D eigenvalue weighted by Gasteiger charge is 2.23. The standard InChI is InChI=1S/C20H24N2O2/c1-14-16(18-11-4-5-12-21-18)9-6-10-17(14)20(24)22-13-19(23)15-7-2-3-8-15/h4-6,9-12,15,19,23H,2-3,7-8,13H2,1H3,(H,22,24). The van der Waals surface area contributed by atoms with Gasteiger partial charge in [0.05, 0.1) is 11.8 Å². The molecule has 0 saturated heterocycles. The Balaban J connectivity index is 1.71.